The quantitative estimate of drug-likeness (QED) is 0.0931. The van der Waals surface area contributed by atoms with Gasteiger partial charge in [0.15, 0.2) is 11.5 Å². The fourth-order valence-corrected chi connectivity index (χ4v) is 5.01. The van der Waals surface area contributed by atoms with E-state index in [-0.39, 0.29) is 38.9 Å². The Bertz CT molecular complexity index is 1600. The molecular weight excluding hydrogens is 625 g/mol. The van der Waals surface area contributed by atoms with Gasteiger partial charge < -0.3 is 14.2 Å². The van der Waals surface area contributed by atoms with Crippen molar-refractivity contribution in [2.24, 2.45) is 0 Å². The molecule has 0 radical (unpaired) electrons. The minimum Gasteiger partial charge on any atom is -0.490 e. The van der Waals surface area contributed by atoms with E-state index in [0.29, 0.717) is 10.6 Å². The van der Waals surface area contributed by atoms with Crippen molar-refractivity contribution in [2.45, 2.75) is 11.8 Å². The van der Waals surface area contributed by atoms with Crippen molar-refractivity contribution in [3.63, 3.8) is 0 Å². The van der Waals surface area contributed by atoms with Gasteiger partial charge in [0.1, 0.15) is 16.5 Å². The highest BCUT2D eigenvalue weighted by molar-refractivity contribution is 9.10. The molecule has 1 N–H and O–H groups in total. The predicted octanol–water partition coefficient (Wildman–Crippen LogP) is 6.38. The molecule has 0 aromatic heterocycles. The van der Waals surface area contributed by atoms with E-state index in [4.69, 9.17) is 32.1 Å². The van der Waals surface area contributed by atoms with Crippen LogP contribution in [0.4, 0.5) is 11.4 Å². The van der Waals surface area contributed by atoms with E-state index in [0.717, 1.165) is 18.2 Å². The van der Waals surface area contributed by atoms with Gasteiger partial charge >= 0.3 is 10.1 Å². The summed E-state index contributed by atoms with van der Waals surface area (Å²) in [4.78, 5) is 22.6. The van der Waals surface area contributed by atoms with E-state index < -0.39 is 31.5 Å². The van der Waals surface area contributed by atoms with Crippen molar-refractivity contribution in [1.29, 1.82) is 5.26 Å². The van der Waals surface area contributed by atoms with E-state index in [2.05, 4.69) is 21.2 Å². The number of carbonyl (C=O) groups excluding carboxylic acids is 1. The van der Waals surface area contributed by atoms with Gasteiger partial charge in [-0.25, -0.2) is 0 Å². The maximum absolute atomic E-state index is 12.9. The maximum Gasteiger partial charge on any atom is 0.339 e. The molecule has 0 fully saturated rings. The number of nitro benzene ring substituents is 1. The van der Waals surface area contributed by atoms with Crippen molar-refractivity contribution < 1.29 is 27.1 Å². The number of nitriles is 1. The third-order valence-electron chi connectivity index (χ3n) is 4.69. The fraction of sp³-hybridized carbons (Fsp3) is 0.0833. The minimum absolute atomic E-state index is 0.0299. The molecule has 0 aliphatic carbocycles. The Morgan fingerprint density at radius 3 is 2.61 bits per heavy atom. The van der Waals surface area contributed by atoms with Gasteiger partial charge in [0.05, 0.1) is 26.7 Å². The van der Waals surface area contributed by atoms with Crippen molar-refractivity contribution >= 4 is 72.6 Å². The Morgan fingerprint density at radius 2 is 1.95 bits per heavy atom. The smallest absolute Gasteiger partial charge is 0.339 e. The van der Waals surface area contributed by atoms with E-state index in [9.17, 15) is 28.6 Å². The van der Waals surface area contributed by atoms with Crippen LogP contribution in [-0.4, -0.2) is 25.9 Å². The molecule has 0 spiro atoms. The number of halogens is 3. The first-order valence-electron chi connectivity index (χ1n) is 10.5. The molecule has 14 heteroatoms. The number of hydrogen-bond donors (Lipinski definition) is 1. The number of benzene rings is 3. The standard InChI is InChI=1S/C24H16BrCl2N3O7S/c1-2-36-22-10-14(8-15(13-28)24(31)29-21-11-16(26)6-7-20(21)27)9-19(25)23(22)37-38(34,35)18-5-3-4-17(12-18)30(32)33/h3-12H,2H2,1H3,(H,29,31)/b15-8-. The van der Waals surface area contributed by atoms with Gasteiger partial charge in [-0.15, -0.1) is 0 Å². The third-order valence-corrected chi connectivity index (χ3v) is 7.07. The first-order chi connectivity index (χ1) is 17.9. The van der Waals surface area contributed by atoms with Gasteiger partial charge in [-0.2, -0.15) is 13.7 Å². The number of nitro groups is 1. The molecule has 1 amide bonds. The van der Waals surface area contributed by atoms with Crippen LogP contribution in [0, 0.1) is 21.4 Å². The second kappa shape index (κ2) is 12.3. The second-order valence-corrected chi connectivity index (χ2v) is 10.5. The van der Waals surface area contributed by atoms with Crippen LogP contribution in [0.3, 0.4) is 0 Å². The zero-order chi connectivity index (χ0) is 28.0. The van der Waals surface area contributed by atoms with Gasteiger partial charge in [0, 0.05) is 17.2 Å². The molecule has 0 unspecified atom stereocenters. The summed E-state index contributed by atoms with van der Waals surface area (Å²) in [5.74, 6) is -1.03. The van der Waals surface area contributed by atoms with Crippen LogP contribution in [0.1, 0.15) is 12.5 Å². The fourth-order valence-electron chi connectivity index (χ4n) is 3.02. The summed E-state index contributed by atoms with van der Waals surface area (Å²) in [6.07, 6.45) is 1.25. The zero-order valence-corrected chi connectivity index (χ0v) is 23.2. The molecule has 0 bridgehead atoms. The van der Waals surface area contributed by atoms with E-state index in [1.165, 1.54) is 42.5 Å². The van der Waals surface area contributed by atoms with Crippen LogP contribution in [0.15, 0.2) is 69.5 Å². The Morgan fingerprint density at radius 1 is 1.21 bits per heavy atom. The van der Waals surface area contributed by atoms with Crippen molar-refractivity contribution in [2.75, 3.05) is 11.9 Å². The predicted molar refractivity (Wildman–Crippen MR) is 145 cm³/mol. The Kier molecular flexibility index (Phi) is 9.35. The van der Waals surface area contributed by atoms with E-state index in [1.54, 1.807) is 13.0 Å². The molecule has 3 rings (SSSR count). The molecule has 10 nitrogen and oxygen atoms in total. The highest BCUT2D eigenvalue weighted by atomic mass is 79.9. The Balaban J connectivity index is 1.97. The molecule has 0 heterocycles. The van der Waals surface area contributed by atoms with Gasteiger partial charge in [-0.3, -0.25) is 14.9 Å². The molecule has 3 aromatic rings. The number of carbonyl (C=O) groups is 1. The minimum atomic E-state index is -4.50. The van der Waals surface area contributed by atoms with Crippen LogP contribution in [-0.2, 0) is 14.9 Å². The average molecular weight is 641 g/mol. The van der Waals surface area contributed by atoms with Gasteiger partial charge in [-0.1, -0.05) is 29.3 Å². The number of nitrogens with one attached hydrogen (secondary N) is 1. The summed E-state index contributed by atoms with van der Waals surface area (Å²) in [5, 5.41) is 23.7. The lowest BCUT2D eigenvalue weighted by atomic mass is 10.1. The van der Waals surface area contributed by atoms with Crippen LogP contribution >= 0.6 is 39.1 Å². The van der Waals surface area contributed by atoms with Gasteiger partial charge in [0.2, 0.25) is 0 Å². The Hall–Kier alpha value is -3.63. The molecule has 0 atom stereocenters. The highest BCUT2D eigenvalue weighted by Crippen LogP contribution is 2.39. The van der Waals surface area contributed by atoms with Crippen LogP contribution < -0.4 is 14.2 Å². The summed E-state index contributed by atoms with van der Waals surface area (Å²) in [5.41, 5.74) is -0.227. The van der Waals surface area contributed by atoms with Gasteiger partial charge in [-0.05, 0) is 70.9 Å². The van der Waals surface area contributed by atoms with Crippen molar-refractivity contribution in [3.05, 3.63) is 90.4 Å². The van der Waals surface area contributed by atoms with E-state index >= 15 is 0 Å². The van der Waals surface area contributed by atoms with Crippen LogP contribution in [0.25, 0.3) is 6.08 Å². The van der Waals surface area contributed by atoms with Crippen molar-refractivity contribution in [3.8, 4) is 17.6 Å². The van der Waals surface area contributed by atoms with E-state index in [1.807, 2.05) is 0 Å². The number of hydrogen-bond acceptors (Lipinski definition) is 8. The summed E-state index contributed by atoms with van der Waals surface area (Å²) in [6, 6.07) is 13.4. The molecule has 38 heavy (non-hydrogen) atoms. The molecule has 196 valence electrons. The SMILES string of the molecule is CCOc1cc(/C=C(/C#N)C(=O)Nc2cc(Cl)ccc2Cl)cc(Br)c1OS(=O)(=O)c1cccc([N+](=O)[O-])c1. The molecular formula is C24H16BrCl2N3O7S. The third kappa shape index (κ3) is 7.02. The number of rotatable bonds is 9. The number of nitrogens with zero attached hydrogens (tertiary/aromatic N) is 2. The molecule has 0 saturated heterocycles. The second-order valence-electron chi connectivity index (χ2n) is 7.30. The molecule has 3 aromatic carbocycles. The lowest BCUT2D eigenvalue weighted by Gasteiger charge is -2.14. The number of anilines is 1. The molecule has 0 aliphatic rings. The molecule has 0 saturated carbocycles. The summed E-state index contributed by atoms with van der Waals surface area (Å²) in [6.45, 7) is 1.77. The number of amides is 1. The van der Waals surface area contributed by atoms with Crippen LogP contribution in [0.5, 0.6) is 11.5 Å². The lowest BCUT2D eigenvalue weighted by Crippen LogP contribution is -2.14. The first-order valence-corrected chi connectivity index (χ1v) is 13.4. The zero-order valence-electron chi connectivity index (χ0n) is 19.3. The average Bonchev–Trinajstić information content (AvgIpc) is 2.87. The lowest BCUT2D eigenvalue weighted by molar-refractivity contribution is -0.385. The number of ether oxygens (including phenoxy) is 1. The number of non-ortho nitro benzene ring substituents is 1. The molecule has 0 aliphatic heterocycles. The summed E-state index contributed by atoms with van der Waals surface area (Å²) >= 11 is 15.2. The normalized spacial score (nSPS) is 11.4. The highest BCUT2D eigenvalue weighted by Gasteiger charge is 2.24. The largest absolute Gasteiger partial charge is 0.490 e. The first kappa shape index (κ1) is 28.9. The topological polar surface area (TPSA) is 149 Å². The van der Waals surface area contributed by atoms with Crippen LogP contribution in [0.2, 0.25) is 10.0 Å². The summed E-state index contributed by atoms with van der Waals surface area (Å²) in [7, 11) is -4.50. The maximum atomic E-state index is 12.9. The monoisotopic (exact) mass is 639 g/mol. The summed E-state index contributed by atoms with van der Waals surface area (Å²) < 4.78 is 36.6. The van der Waals surface area contributed by atoms with Gasteiger partial charge in [0.25, 0.3) is 11.6 Å². The Labute approximate surface area is 235 Å². The van der Waals surface area contributed by atoms with Crippen molar-refractivity contribution in [1.82, 2.24) is 0 Å².